The summed E-state index contributed by atoms with van der Waals surface area (Å²) in [4.78, 5) is 42.0. The molecular weight excluding hydrogens is 531 g/mol. The molecule has 0 saturated carbocycles. The zero-order valence-electron chi connectivity index (χ0n) is 21.0. The van der Waals surface area contributed by atoms with Gasteiger partial charge in [0, 0.05) is 36.6 Å². The lowest BCUT2D eigenvalue weighted by Gasteiger charge is -2.32. The molecule has 0 atom stereocenters. The van der Waals surface area contributed by atoms with Crippen LogP contribution in [0.4, 0.5) is 18.9 Å². The maximum absolute atomic E-state index is 13.2. The molecule has 206 valence electrons. The molecule has 2 aliphatic heterocycles. The van der Waals surface area contributed by atoms with Crippen molar-refractivity contribution in [3.05, 3.63) is 81.8 Å². The van der Waals surface area contributed by atoms with Crippen molar-refractivity contribution in [2.45, 2.75) is 37.6 Å². The Bertz CT molecular complexity index is 1700. The quantitative estimate of drug-likeness (QED) is 0.389. The van der Waals surface area contributed by atoms with Gasteiger partial charge in [0.25, 0.3) is 17.4 Å². The van der Waals surface area contributed by atoms with E-state index < -0.39 is 17.7 Å². The molecule has 1 saturated heterocycles. The molecule has 6 rings (SSSR count). The number of halogens is 3. The SMILES string of the molecule is Cc1c(C(=O)Nc2cnn(C3CCN(C(=O)c4ccc(C5(C(F)(F)F)N=N5)cc4)CC3)c2)cn2nc[nH]c(=O)c12. The number of nitrogens with zero attached hydrogens (tertiary/aromatic N) is 7. The number of amides is 2. The third kappa shape index (κ3) is 4.23. The van der Waals surface area contributed by atoms with Gasteiger partial charge in [-0.2, -0.15) is 23.4 Å². The van der Waals surface area contributed by atoms with Crippen LogP contribution in [-0.4, -0.2) is 60.4 Å². The second-order valence-electron chi connectivity index (χ2n) is 9.71. The van der Waals surface area contributed by atoms with Gasteiger partial charge in [0.15, 0.2) is 0 Å². The average Bonchev–Trinajstić information content (AvgIpc) is 3.53. The number of nitrogens with one attached hydrogen (secondary N) is 2. The summed E-state index contributed by atoms with van der Waals surface area (Å²) in [5, 5.41) is 17.6. The van der Waals surface area contributed by atoms with Crippen molar-refractivity contribution >= 4 is 23.0 Å². The summed E-state index contributed by atoms with van der Waals surface area (Å²) in [6.07, 6.45) is 2.57. The fourth-order valence-corrected chi connectivity index (χ4v) is 5.00. The second kappa shape index (κ2) is 9.14. The Hall–Kier alpha value is -4.82. The lowest BCUT2D eigenvalue weighted by Crippen LogP contribution is -2.39. The highest BCUT2D eigenvalue weighted by Crippen LogP contribution is 2.52. The minimum Gasteiger partial charge on any atom is -0.338 e. The number of aromatic amines is 1. The van der Waals surface area contributed by atoms with E-state index in [0.29, 0.717) is 48.3 Å². The molecule has 40 heavy (non-hydrogen) atoms. The Morgan fingerprint density at radius 1 is 1.07 bits per heavy atom. The first-order chi connectivity index (χ1) is 19.1. The van der Waals surface area contributed by atoms with Gasteiger partial charge in [-0.05, 0) is 37.5 Å². The van der Waals surface area contributed by atoms with Crippen molar-refractivity contribution in [3.8, 4) is 0 Å². The average molecular weight is 554 g/mol. The van der Waals surface area contributed by atoms with Crippen molar-refractivity contribution in [3.63, 3.8) is 0 Å². The summed E-state index contributed by atoms with van der Waals surface area (Å²) >= 11 is 0. The normalized spacial score (nSPS) is 16.9. The molecule has 0 spiro atoms. The van der Waals surface area contributed by atoms with E-state index in [1.54, 1.807) is 22.7 Å². The topological polar surface area (TPSA) is 142 Å². The Balaban J connectivity index is 1.07. The number of aromatic nitrogens is 5. The molecule has 15 heteroatoms. The zero-order chi connectivity index (χ0) is 28.2. The zero-order valence-corrected chi connectivity index (χ0v) is 21.0. The minimum absolute atomic E-state index is 0.0108. The predicted molar refractivity (Wildman–Crippen MR) is 134 cm³/mol. The van der Waals surface area contributed by atoms with Crippen LogP contribution >= 0.6 is 0 Å². The van der Waals surface area contributed by atoms with Crippen molar-refractivity contribution in [1.29, 1.82) is 0 Å². The van der Waals surface area contributed by atoms with Gasteiger partial charge in [-0.25, -0.2) is 4.52 Å². The Kier molecular flexibility index (Phi) is 5.81. The Labute approximate surface area is 223 Å². The molecule has 0 aliphatic carbocycles. The molecular formula is C25H22F3N9O3. The van der Waals surface area contributed by atoms with E-state index in [1.165, 1.54) is 47.5 Å². The third-order valence-electron chi connectivity index (χ3n) is 7.29. The number of likely N-dealkylation sites (tertiary alicyclic amines) is 1. The van der Waals surface area contributed by atoms with E-state index in [2.05, 4.69) is 30.7 Å². The molecule has 2 amide bonds. The van der Waals surface area contributed by atoms with Crippen LogP contribution in [0.25, 0.3) is 5.52 Å². The molecule has 4 aromatic rings. The molecule has 1 aromatic carbocycles. The first kappa shape index (κ1) is 25.5. The summed E-state index contributed by atoms with van der Waals surface area (Å²) < 4.78 is 42.7. The summed E-state index contributed by atoms with van der Waals surface area (Å²) in [6, 6.07) is 5.19. The fourth-order valence-electron chi connectivity index (χ4n) is 5.00. The predicted octanol–water partition coefficient (Wildman–Crippen LogP) is 3.44. The molecule has 0 bridgehead atoms. The van der Waals surface area contributed by atoms with Gasteiger partial charge < -0.3 is 15.2 Å². The molecule has 5 heterocycles. The molecule has 3 aromatic heterocycles. The van der Waals surface area contributed by atoms with Crippen molar-refractivity contribution < 1.29 is 22.8 Å². The van der Waals surface area contributed by atoms with Crippen LogP contribution in [0.1, 0.15) is 50.7 Å². The number of fused-ring (bicyclic) bond motifs is 1. The van der Waals surface area contributed by atoms with Gasteiger partial charge in [0.2, 0.25) is 0 Å². The van der Waals surface area contributed by atoms with Crippen molar-refractivity contribution in [2.24, 2.45) is 10.2 Å². The van der Waals surface area contributed by atoms with E-state index >= 15 is 0 Å². The lowest BCUT2D eigenvalue weighted by atomic mass is 10.00. The molecule has 12 nitrogen and oxygen atoms in total. The van der Waals surface area contributed by atoms with Gasteiger partial charge >= 0.3 is 11.8 Å². The van der Waals surface area contributed by atoms with Crippen LogP contribution in [0.5, 0.6) is 0 Å². The van der Waals surface area contributed by atoms with Crippen LogP contribution in [0, 0.1) is 6.92 Å². The highest BCUT2D eigenvalue weighted by molar-refractivity contribution is 6.06. The molecule has 2 aliphatic rings. The smallest absolute Gasteiger partial charge is 0.338 e. The van der Waals surface area contributed by atoms with E-state index in [0.717, 1.165) is 0 Å². The summed E-state index contributed by atoms with van der Waals surface area (Å²) in [5.41, 5.74) is -1.11. The lowest BCUT2D eigenvalue weighted by molar-refractivity contribution is -0.166. The molecule has 0 unspecified atom stereocenters. The molecule has 2 N–H and O–H groups in total. The number of hydrogen-bond acceptors (Lipinski definition) is 7. The van der Waals surface area contributed by atoms with Crippen LogP contribution in [0.15, 0.2) is 64.2 Å². The fraction of sp³-hybridized carbons (Fsp3) is 0.320. The van der Waals surface area contributed by atoms with Crippen LogP contribution in [0.3, 0.4) is 0 Å². The number of piperidine rings is 1. The van der Waals surface area contributed by atoms with Crippen LogP contribution in [0.2, 0.25) is 0 Å². The van der Waals surface area contributed by atoms with E-state index in [1.807, 2.05) is 0 Å². The Morgan fingerprint density at radius 3 is 2.40 bits per heavy atom. The van der Waals surface area contributed by atoms with Crippen molar-refractivity contribution in [2.75, 3.05) is 18.4 Å². The third-order valence-corrected chi connectivity index (χ3v) is 7.29. The summed E-state index contributed by atoms with van der Waals surface area (Å²) in [7, 11) is 0. The Morgan fingerprint density at radius 2 is 1.77 bits per heavy atom. The van der Waals surface area contributed by atoms with E-state index in [-0.39, 0.29) is 28.6 Å². The maximum Gasteiger partial charge on any atom is 0.442 e. The van der Waals surface area contributed by atoms with Crippen LogP contribution in [-0.2, 0) is 5.66 Å². The summed E-state index contributed by atoms with van der Waals surface area (Å²) in [6.45, 7) is 2.54. The first-order valence-electron chi connectivity index (χ1n) is 12.4. The molecule has 0 radical (unpaired) electrons. The number of anilines is 1. The number of carbonyl (C=O) groups excluding carboxylic acids is 2. The van der Waals surface area contributed by atoms with Gasteiger partial charge in [-0.1, -0.05) is 12.1 Å². The van der Waals surface area contributed by atoms with Crippen molar-refractivity contribution in [1.82, 2.24) is 29.3 Å². The van der Waals surface area contributed by atoms with Crippen LogP contribution < -0.4 is 10.9 Å². The van der Waals surface area contributed by atoms with Gasteiger partial charge in [-0.15, -0.1) is 10.2 Å². The second-order valence-corrected chi connectivity index (χ2v) is 9.71. The number of hydrogen-bond donors (Lipinski definition) is 2. The van der Waals surface area contributed by atoms with Gasteiger partial charge in [-0.3, -0.25) is 19.1 Å². The van der Waals surface area contributed by atoms with E-state index in [9.17, 15) is 27.6 Å². The highest BCUT2D eigenvalue weighted by Gasteiger charge is 2.65. The number of carbonyl (C=O) groups is 2. The van der Waals surface area contributed by atoms with Gasteiger partial charge in [0.1, 0.15) is 11.8 Å². The maximum atomic E-state index is 13.2. The number of alkyl halides is 3. The number of benzene rings is 1. The highest BCUT2D eigenvalue weighted by atomic mass is 19.4. The minimum atomic E-state index is -4.62. The number of H-pyrrole nitrogens is 1. The van der Waals surface area contributed by atoms with Gasteiger partial charge in [0.05, 0.1) is 23.5 Å². The van der Waals surface area contributed by atoms with E-state index in [4.69, 9.17) is 0 Å². The standard InChI is InChI=1S/C25H22F3N9O3/c1-14-19(12-37-20(14)22(39)29-13-31-37)21(38)32-17-10-30-36(11-17)18-6-8-35(9-7-18)23(40)15-2-4-16(5-3-15)24(33-34-24)25(26,27)28/h2-5,10-13,18H,6-9H2,1H3,(H,32,38)(H,29,31,39). The number of aryl methyl sites for hydroxylation is 1. The largest absolute Gasteiger partial charge is 0.442 e. The summed E-state index contributed by atoms with van der Waals surface area (Å²) in [5.74, 6) is -0.675. The number of rotatable bonds is 5. The molecule has 1 fully saturated rings. The monoisotopic (exact) mass is 553 g/mol. The first-order valence-corrected chi connectivity index (χ1v) is 12.4.